The third-order valence-electron chi connectivity index (χ3n) is 4.99. The van der Waals surface area contributed by atoms with Gasteiger partial charge in [0, 0.05) is 44.5 Å². The number of carbonyl (C=O) groups excluding carboxylic acids is 1. The number of carboxylic acids is 1. The smallest absolute Gasteiger partial charge is 0.335 e. The van der Waals surface area contributed by atoms with Gasteiger partial charge in [-0.05, 0) is 36.4 Å². The Morgan fingerprint density at radius 2 is 1.74 bits per heavy atom. The fourth-order valence-corrected chi connectivity index (χ4v) is 3.47. The highest BCUT2D eigenvalue weighted by atomic mass is 16.4. The van der Waals surface area contributed by atoms with E-state index in [4.69, 9.17) is 5.11 Å². The molecule has 1 amide bonds. The number of nitrogens with zero attached hydrogens (tertiary/aromatic N) is 4. The van der Waals surface area contributed by atoms with Crippen LogP contribution in [0.3, 0.4) is 0 Å². The monoisotopic (exact) mass is 364 g/mol. The standard InChI is InChI=1S/C20H20N4O3/c1-14(25)22-7-9-23(10-8-22)16-3-2-4-17(12-16)24-13-21-18-11-15(20(26)27)5-6-19(18)24/h2-6,11-13H,7-10H2,1H3,(H,26,27). The van der Waals surface area contributed by atoms with Gasteiger partial charge >= 0.3 is 5.97 Å². The molecule has 0 saturated carbocycles. The molecule has 1 N–H and O–H groups in total. The molecule has 27 heavy (non-hydrogen) atoms. The van der Waals surface area contributed by atoms with Gasteiger partial charge in [0.2, 0.25) is 5.91 Å². The van der Waals surface area contributed by atoms with Gasteiger partial charge in [0.1, 0.15) is 6.33 Å². The fraction of sp³-hybridized carbons (Fsp3) is 0.250. The lowest BCUT2D eigenvalue weighted by molar-refractivity contribution is -0.129. The maximum absolute atomic E-state index is 11.5. The number of carboxylic acid groups (broad SMARTS) is 1. The molecule has 1 fully saturated rings. The van der Waals surface area contributed by atoms with Gasteiger partial charge in [-0.1, -0.05) is 6.07 Å². The molecule has 2 heterocycles. The van der Waals surface area contributed by atoms with Gasteiger partial charge in [-0.15, -0.1) is 0 Å². The van der Waals surface area contributed by atoms with Gasteiger partial charge in [0.05, 0.1) is 16.6 Å². The molecule has 0 atom stereocenters. The van der Waals surface area contributed by atoms with E-state index in [1.807, 2.05) is 21.6 Å². The molecular formula is C20H20N4O3. The van der Waals surface area contributed by atoms with Crippen molar-refractivity contribution in [3.05, 3.63) is 54.4 Å². The minimum Gasteiger partial charge on any atom is -0.478 e. The Morgan fingerprint density at radius 3 is 2.44 bits per heavy atom. The number of anilines is 1. The largest absolute Gasteiger partial charge is 0.478 e. The first-order chi connectivity index (χ1) is 13.0. The fourth-order valence-electron chi connectivity index (χ4n) is 3.47. The van der Waals surface area contributed by atoms with Gasteiger partial charge in [0.15, 0.2) is 0 Å². The number of carbonyl (C=O) groups is 2. The van der Waals surface area contributed by atoms with Crippen molar-refractivity contribution in [3.8, 4) is 5.69 Å². The molecule has 7 nitrogen and oxygen atoms in total. The van der Waals surface area contributed by atoms with E-state index in [0.717, 1.165) is 43.1 Å². The number of hydrogen-bond donors (Lipinski definition) is 1. The molecule has 2 aromatic carbocycles. The van der Waals surface area contributed by atoms with Crippen LogP contribution in [-0.2, 0) is 4.79 Å². The van der Waals surface area contributed by atoms with Crippen molar-refractivity contribution in [3.63, 3.8) is 0 Å². The van der Waals surface area contributed by atoms with Gasteiger partial charge in [-0.2, -0.15) is 0 Å². The number of rotatable bonds is 3. The van der Waals surface area contributed by atoms with E-state index in [0.29, 0.717) is 5.52 Å². The summed E-state index contributed by atoms with van der Waals surface area (Å²) in [4.78, 5) is 31.1. The minimum absolute atomic E-state index is 0.119. The molecular weight excluding hydrogens is 344 g/mol. The van der Waals surface area contributed by atoms with Crippen molar-refractivity contribution in [2.24, 2.45) is 0 Å². The maximum atomic E-state index is 11.5. The third kappa shape index (κ3) is 3.23. The molecule has 1 saturated heterocycles. The highest BCUT2D eigenvalue weighted by molar-refractivity contribution is 5.92. The van der Waals surface area contributed by atoms with Crippen molar-refractivity contribution in [2.45, 2.75) is 6.92 Å². The number of benzene rings is 2. The molecule has 0 spiro atoms. The van der Waals surface area contributed by atoms with Gasteiger partial charge in [-0.3, -0.25) is 9.36 Å². The molecule has 4 rings (SSSR count). The van der Waals surface area contributed by atoms with Crippen molar-refractivity contribution >= 4 is 28.6 Å². The average molecular weight is 364 g/mol. The Morgan fingerprint density at radius 1 is 1.00 bits per heavy atom. The molecule has 7 heteroatoms. The van der Waals surface area contributed by atoms with E-state index in [9.17, 15) is 9.59 Å². The molecule has 0 aliphatic carbocycles. The van der Waals surface area contributed by atoms with Crippen LogP contribution in [0.1, 0.15) is 17.3 Å². The number of piperazine rings is 1. The zero-order chi connectivity index (χ0) is 19.0. The molecule has 0 bridgehead atoms. The number of hydrogen-bond acceptors (Lipinski definition) is 4. The summed E-state index contributed by atoms with van der Waals surface area (Å²) < 4.78 is 1.95. The summed E-state index contributed by atoms with van der Waals surface area (Å²) in [6, 6.07) is 13.1. The van der Waals surface area contributed by atoms with Gasteiger partial charge < -0.3 is 14.9 Å². The lowest BCUT2D eigenvalue weighted by Crippen LogP contribution is -2.48. The maximum Gasteiger partial charge on any atom is 0.335 e. The van der Waals surface area contributed by atoms with E-state index < -0.39 is 5.97 Å². The number of imidazole rings is 1. The highest BCUT2D eigenvalue weighted by Gasteiger charge is 2.19. The van der Waals surface area contributed by atoms with Crippen LogP contribution in [0.15, 0.2) is 48.8 Å². The van der Waals surface area contributed by atoms with Crippen molar-refractivity contribution < 1.29 is 14.7 Å². The molecule has 0 radical (unpaired) electrons. The Labute approximate surface area is 156 Å². The van der Waals surface area contributed by atoms with Crippen LogP contribution in [0.4, 0.5) is 5.69 Å². The van der Waals surface area contributed by atoms with E-state index >= 15 is 0 Å². The first-order valence-electron chi connectivity index (χ1n) is 8.84. The number of aromatic carboxylic acids is 1. The van der Waals surface area contributed by atoms with Crippen molar-refractivity contribution in [2.75, 3.05) is 31.1 Å². The summed E-state index contributed by atoms with van der Waals surface area (Å²) in [5.74, 6) is -0.841. The van der Waals surface area contributed by atoms with Crippen LogP contribution in [0, 0.1) is 0 Å². The quantitative estimate of drug-likeness (QED) is 0.772. The number of aromatic nitrogens is 2. The van der Waals surface area contributed by atoms with Gasteiger partial charge in [0.25, 0.3) is 0 Å². The molecule has 1 aromatic heterocycles. The topological polar surface area (TPSA) is 78.7 Å². The van der Waals surface area contributed by atoms with Gasteiger partial charge in [-0.25, -0.2) is 9.78 Å². The Bertz CT molecular complexity index is 1020. The second-order valence-corrected chi connectivity index (χ2v) is 6.64. The SMILES string of the molecule is CC(=O)N1CCN(c2cccc(-n3cnc4cc(C(=O)O)ccc43)c2)CC1. The average Bonchev–Trinajstić information content (AvgIpc) is 3.11. The summed E-state index contributed by atoms with van der Waals surface area (Å²) in [5.41, 5.74) is 3.80. The predicted molar refractivity (Wildman–Crippen MR) is 102 cm³/mol. The second-order valence-electron chi connectivity index (χ2n) is 6.64. The first-order valence-corrected chi connectivity index (χ1v) is 8.84. The lowest BCUT2D eigenvalue weighted by atomic mass is 10.2. The van der Waals surface area contributed by atoms with E-state index in [1.54, 1.807) is 31.5 Å². The summed E-state index contributed by atoms with van der Waals surface area (Å²) in [7, 11) is 0. The first kappa shape index (κ1) is 17.1. The number of amides is 1. The predicted octanol–water partition coefficient (Wildman–Crippen LogP) is 2.39. The Balaban J connectivity index is 1.62. The van der Waals surface area contributed by atoms with E-state index in [-0.39, 0.29) is 11.5 Å². The zero-order valence-corrected chi connectivity index (χ0v) is 15.0. The van der Waals surface area contributed by atoms with E-state index in [2.05, 4.69) is 22.0 Å². The second kappa shape index (κ2) is 6.75. The molecule has 138 valence electrons. The number of fused-ring (bicyclic) bond motifs is 1. The molecule has 1 aliphatic heterocycles. The van der Waals surface area contributed by atoms with Crippen LogP contribution in [0.5, 0.6) is 0 Å². The third-order valence-corrected chi connectivity index (χ3v) is 4.99. The molecule has 0 unspecified atom stereocenters. The van der Waals surface area contributed by atoms with E-state index in [1.165, 1.54) is 0 Å². The van der Waals surface area contributed by atoms with Crippen molar-refractivity contribution in [1.29, 1.82) is 0 Å². The summed E-state index contributed by atoms with van der Waals surface area (Å²) in [6.07, 6.45) is 1.71. The van der Waals surface area contributed by atoms with Crippen LogP contribution < -0.4 is 4.90 Å². The van der Waals surface area contributed by atoms with Crippen LogP contribution in [-0.4, -0.2) is 57.6 Å². The highest BCUT2D eigenvalue weighted by Crippen LogP contribution is 2.24. The Hall–Kier alpha value is -3.35. The van der Waals surface area contributed by atoms with Crippen LogP contribution in [0.25, 0.3) is 16.7 Å². The minimum atomic E-state index is -0.960. The van der Waals surface area contributed by atoms with Crippen LogP contribution in [0.2, 0.25) is 0 Å². The molecule has 1 aliphatic rings. The lowest BCUT2D eigenvalue weighted by Gasteiger charge is -2.35. The summed E-state index contributed by atoms with van der Waals surface area (Å²) in [5, 5.41) is 9.14. The normalized spacial score (nSPS) is 14.6. The Kier molecular flexibility index (Phi) is 4.27. The zero-order valence-electron chi connectivity index (χ0n) is 15.0. The van der Waals surface area contributed by atoms with Crippen LogP contribution >= 0.6 is 0 Å². The summed E-state index contributed by atoms with van der Waals surface area (Å²) >= 11 is 0. The summed E-state index contributed by atoms with van der Waals surface area (Å²) in [6.45, 7) is 4.67. The van der Waals surface area contributed by atoms with Crippen molar-refractivity contribution in [1.82, 2.24) is 14.5 Å². The molecule has 3 aromatic rings.